The summed E-state index contributed by atoms with van der Waals surface area (Å²) in [5.41, 5.74) is 2.50. The number of benzene rings is 2. The number of aromatic nitrogens is 3. The number of carbonyl (C=O) groups excluding carboxylic acids is 2. The number of ether oxygens (including phenoxy) is 3. The topological polar surface area (TPSA) is 143 Å². The first-order chi connectivity index (χ1) is 22.4. The minimum atomic E-state index is -0.521. The van der Waals surface area contributed by atoms with Crippen LogP contribution in [0.3, 0.4) is 0 Å². The summed E-state index contributed by atoms with van der Waals surface area (Å²) < 4.78 is 17.3. The van der Waals surface area contributed by atoms with Gasteiger partial charge < -0.3 is 29.3 Å². The second-order valence-corrected chi connectivity index (χ2v) is 12.6. The van der Waals surface area contributed by atoms with Crippen molar-refractivity contribution in [3.8, 4) is 11.5 Å². The van der Waals surface area contributed by atoms with Gasteiger partial charge >= 0.3 is 12.0 Å². The Morgan fingerprint density at radius 1 is 0.978 bits per heavy atom. The van der Waals surface area contributed by atoms with Crippen LogP contribution in [-0.2, 0) is 4.74 Å². The Morgan fingerprint density at radius 3 is 2.63 bits per heavy atom. The van der Waals surface area contributed by atoms with Crippen LogP contribution in [0.25, 0.3) is 21.1 Å². The van der Waals surface area contributed by atoms with Crippen LogP contribution in [-0.4, -0.2) is 97.4 Å². The molecule has 3 aromatic heterocycles. The van der Waals surface area contributed by atoms with Crippen LogP contribution < -0.4 is 25.4 Å². The molecule has 0 saturated carbocycles. The molecule has 3 N–H and O–H groups in total. The third kappa shape index (κ3) is 7.45. The second kappa shape index (κ2) is 14.2. The van der Waals surface area contributed by atoms with Crippen LogP contribution in [0.1, 0.15) is 16.8 Å². The molecule has 0 radical (unpaired) electrons. The van der Waals surface area contributed by atoms with E-state index in [1.807, 2.05) is 30.3 Å². The van der Waals surface area contributed by atoms with E-state index in [-0.39, 0.29) is 5.56 Å². The number of nitrogens with zero attached hydrogens (tertiary/aromatic N) is 5. The number of fused-ring (bicyclic) bond motifs is 2. The van der Waals surface area contributed by atoms with Crippen molar-refractivity contribution in [2.24, 2.45) is 0 Å². The SMILES string of the molecule is COC(=O)c1ccsc1NC(=O)Nc1nc2ccc(Nc3ncc4cc(OC)c(OCCCN5CCN(C)CC5)cc4n3)cc2s1. The van der Waals surface area contributed by atoms with Gasteiger partial charge in [-0.25, -0.2) is 24.5 Å². The Balaban J connectivity index is 1.09. The van der Waals surface area contributed by atoms with Gasteiger partial charge in [0.15, 0.2) is 16.6 Å². The minimum absolute atomic E-state index is 0.290. The van der Waals surface area contributed by atoms with Gasteiger partial charge in [-0.15, -0.1) is 11.3 Å². The smallest absolute Gasteiger partial charge is 0.340 e. The van der Waals surface area contributed by atoms with E-state index in [0.29, 0.717) is 34.2 Å². The summed E-state index contributed by atoms with van der Waals surface area (Å²) in [6.07, 6.45) is 2.67. The number of thiazole rings is 1. The third-order valence-electron chi connectivity index (χ3n) is 7.50. The number of esters is 1. The fourth-order valence-electron chi connectivity index (χ4n) is 5.01. The molecule has 6 rings (SSSR count). The summed E-state index contributed by atoms with van der Waals surface area (Å²) in [6.45, 7) is 5.96. The number of hydrogen-bond acceptors (Lipinski definition) is 13. The van der Waals surface area contributed by atoms with Gasteiger partial charge in [0, 0.05) is 56.1 Å². The molecular formula is C31H34N8O5S2. The Labute approximate surface area is 273 Å². The van der Waals surface area contributed by atoms with E-state index < -0.39 is 12.0 Å². The number of hydrogen-bond donors (Lipinski definition) is 3. The Morgan fingerprint density at radius 2 is 1.83 bits per heavy atom. The predicted octanol–water partition coefficient (Wildman–Crippen LogP) is 5.50. The van der Waals surface area contributed by atoms with Gasteiger partial charge in [-0.1, -0.05) is 11.3 Å². The van der Waals surface area contributed by atoms with Crippen LogP contribution in [0.4, 0.5) is 26.6 Å². The third-order valence-corrected chi connectivity index (χ3v) is 9.26. The summed E-state index contributed by atoms with van der Waals surface area (Å²) in [7, 11) is 5.08. The Hall–Kier alpha value is -4.57. The number of piperazine rings is 1. The average molecular weight is 663 g/mol. The molecule has 15 heteroatoms. The quantitative estimate of drug-likeness (QED) is 0.122. The zero-order valence-corrected chi connectivity index (χ0v) is 27.3. The Kier molecular flexibility index (Phi) is 9.73. The molecule has 13 nitrogen and oxygen atoms in total. The number of anilines is 4. The molecule has 0 bridgehead atoms. The molecule has 1 fully saturated rings. The fourth-order valence-corrected chi connectivity index (χ4v) is 6.68. The van der Waals surface area contributed by atoms with E-state index in [2.05, 4.69) is 42.8 Å². The van der Waals surface area contributed by atoms with Crippen molar-refractivity contribution >= 4 is 77.6 Å². The zero-order chi connectivity index (χ0) is 32.0. The number of likely N-dealkylation sites (N-methyl/N-ethyl adjacent to an activating group) is 1. The summed E-state index contributed by atoms with van der Waals surface area (Å²) in [5, 5.41) is 12.0. The van der Waals surface area contributed by atoms with Gasteiger partial charge in [-0.3, -0.25) is 10.6 Å². The van der Waals surface area contributed by atoms with Crippen LogP contribution in [0.15, 0.2) is 48.0 Å². The summed E-state index contributed by atoms with van der Waals surface area (Å²) >= 11 is 2.54. The van der Waals surface area contributed by atoms with Crippen LogP contribution in [0, 0.1) is 0 Å². The van der Waals surface area contributed by atoms with Gasteiger partial charge in [0.2, 0.25) is 5.95 Å². The number of carbonyl (C=O) groups is 2. The van der Waals surface area contributed by atoms with Crippen molar-refractivity contribution in [2.45, 2.75) is 6.42 Å². The molecule has 1 saturated heterocycles. The highest BCUT2D eigenvalue weighted by Gasteiger charge is 2.17. The molecule has 4 heterocycles. The maximum atomic E-state index is 12.6. The lowest BCUT2D eigenvalue weighted by Crippen LogP contribution is -2.44. The first-order valence-electron chi connectivity index (χ1n) is 14.7. The maximum Gasteiger partial charge on any atom is 0.340 e. The van der Waals surface area contributed by atoms with E-state index in [4.69, 9.17) is 19.2 Å². The highest BCUT2D eigenvalue weighted by atomic mass is 32.1. The average Bonchev–Trinajstić information content (AvgIpc) is 3.69. The van der Waals surface area contributed by atoms with Crippen molar-refractivity contribution in [2.75, 3.05) is 76.5 Å². The van der Waals surface area contributed by atoms with E-state index in [9.17, 15) is 9.59 Å². The number of urea groups is 1. The molecule has 0 atom stereocenters. The highest BCUT2D eigenvalue weighted by Crippen LogP contribution is 2.33. The van der Waals surface area contributed by atoms with Gasteiger partial charge in [-0.05, 0) is 49.2 Å². The van der Waals surface area contributed by atoms with E-state index in [0.717, 1.165) is 66.0 Å². The highest BCUT2D eigenvalue weighted by molar-refractivity contribution is 7.22. The van der Waals surface area contributed by atoms with Crippen molar-refractivity contribution in [3.63, 3.8) is 0 Å². The molecule has 0 aliphatic carbocycles. The number of nitrogens with one attached hydrogen (secondary N) is 3. The van der Waals surface area contributed by atoms with E-state index in [1.165, 1.54) is 29.8 Å². The second-order valence-electron chi connectivity index (χ2n) is 10.7. The normalized spacial score (nSPS) is 13.9. The number of thiophene rings is 1. The number of rotatable bonds is 11. The number of amides is 2. The molecule has 2 amide bonds. The van der Waals surface area contributed by atoms with Gasteiger partial charge in [-0.2, -0.15) is 0 Å². The summed E-state index contributed by atoms with van der Waals surface area (Å²) in [4.78, 5) is 43.0. The van der Waals surface area contributed by atoms with Crippen LogP contribution >= 0.6 is 22.7 Å². The van der Waals surface area contributed by atoms with E-state index >= 15 is 0 Å². The molecule has 240 valence electrons. The first kappa shape index (κ1) is 31.4. The van der Waals surface area contributed by atoms with Gasteiger partial charge in [0.1, 0.15) is 5.00 Å². The largest absolute Gasteiger partial charge is 0.493 e. The number of methoxy groups -OCH3 is 2. The minimum Gasteiger partial charge on any atom is -0.493 e. The zero-order valence-electron chi connectivity index (χ0n) is 25.7. The van der Waals surface area contributed by atoms with Crippen molar-refractivity contribution in [3.05, 3.63) is 53.5 Å². The maximum absolute atomic E-state index is 12.6. The molecule has 5 aromatic rings. The van der Waals surface area contributed by atoms with Crippen LogP contribution in [0.5, 0.6) is 11.5 Å². The Bertz CT molecular complexity index is 1850. The molecule has 2 aromatic carbocycles. The van der Waals surface area contributed by atoms with Crippen molar-refractivity contribution < 1.29 is 23.8 Å². The fraction of sp³-hybridized carbons (Fsp3) is 0.323. The molecular weight excluding hydrogens is 629 g/mol. The van der Waals surface area contributed by atoms with Gasteiger partial charge in [0.25, 0.3) is 0 Å². The van der Waals surface area contributed by atoms with Crippen LogP contribution in [0.2, 0.25) is 0 Å². The molecule has 0 unspecified atom stereocenters. The first-order valence-corrected chi connectivity index (χ1v) is 16.4. The molecule has 1 aliphatic rings. The van der Waals surface area contributed by atoms with Crippen molar-refractivity contribution in [1.29, 1.82) is 0 Å². The van der Waals surface area contributed by atoms with Gasteiger partial charge in [0.05, 0.1) is 42.1 Å². The summed E-state index contributed by atoms with van der Waals surface area (Å²) in [6, 6.07) is 10.5. The van der Waals surface area contributed by atoms with E-state index in [1.54, 1.807) is 24.8 Å². The van der Waals surface area contributed by atoms with Crippen molar-refractivity contribution in [1.82, 2.24) is 24.8 Å². The lowest BCUT2D eigenvalue weighted by Gasteiger charge is -2.32. The lowest BCUT2D eigenvalue weighted by molar-refractivity contribution is 0.0602. The molecule has 0 spiro atoms. The monoisotopic (exact) mass is 662 g/mol. The summed E-state index contributed by atoms with van der Waals surface area (Å²) in [5.74, 6) is 1.20. The lowest BCUT2D eigenvalue weighted by atomic mass is 10.2. The molecule has 46 heavy (non-hydrogen) atoms. The predicted molar refractivity (Wildman–Crippen MR) is 181 cm³/mol. The molecule has 1 aliphatic heterocycles. The standard InChI is InChI=1S/C31H34N8O5S2/c1-38-9-11-39(12-10-38)8-4-13-44-25-17-23-19(15-24(25)42-2)18-32-29(34-23)33-20-5-6-22-26(16-20)46-31(35-22)37-30(41)36-27-21(7-14-45-27)28(40)43-3/h5-7,14-18H,4,8-13H2,1-3H3,(H,32,33,34)(H2,35,36,37,41).